The molecule has 1 fully saturated rings. The number of hydrogen-bond donors (Lipinski definition) is 2. The van der Waals surface area contributed by atoms with E-state index in [1.807, 2.05) is 0 Å². The van der Waals surface area contributed by atoms with Gasteiger partial charge in [-0.25, -0.2) is 0 Å². The number of ether oxygens (including phenoxy) is 1. The van der Waals surface area contributed by atoms with Crippen molar-refractivity contribution in [2.24, 2.45) is 5.92 Å². The van der Waals surface area contributed by atoms with Crippen LogP contribution in [0.5, 0.6) is 0 Å². The molecular weight excluding hydrogens is 218 g/mol. The van der Waals surface area contributed by atoms with Crippen LogP contribution in [0.2, 0.25) is 0 Å². The lowest BCUT2D eigenvalue weighted by molar-refractivity contribution is -0.141. The number of carbonyl (C=O) groups is 1. The maximum Gasteiger partial charge on any atom is 0.306 e. The summed E-state index contributed by atoms with van der Waals surface area (Å²) in [7, 11) is 0. The monoisotopic (exact) mass is 243 g/mol. The first-order valence-electron chi connectivity index (χ1n) is 6.66. The average Bonchev–Trinajstić information content (AvgIpc) is 2.30. The van der Waals surface area contributed by atoms with Gasteiger partial charge in [-0.15, -0.1) is 0 Å². The van der Waals surface area contributed by atoms with E-state index in [0.29, 0.717) is 12.1 Å². The molecule has 1 aliphatic heterocycles. The second kappa shape index (κ2) is 7.67. The van der Waals surface area contributed by atoms with Crippen LogP contribution in [-0.2, 0) is 9.53 Å². The lowest BCUT2D eigenvalue weighted by Crippen LogP contribution is -2.40. The molecule has 0 radical (unpaired) electrons. The smallest absolute Gasteiger partial charge is 0.306 e. The van der Waals surface area contributed by atoms with Crippen molar-refractivity contribution < 1.29 is 14.6 Å². The fourth-order valence-corrected chi connectivity index (χ4v) is 2.20. The first kappa shape index (κ1) is 14.5. The van der Waals surface area contributed by atoms with Crippen LogP contribution in [0.4, 0.5) is 0 Å². The highest BCUT2D eigenvalue weighted by molar-refractivity contribution is 5.69. The van der Waals surface area contributed by atoms with Crippen LogP contribution in [0, 0.1) is 5.92 Å². The van der Waals surface area contributed by atoms with Gasteiger partial charge in [-0.05, 0) is 32.6 Å². The molecule has 100 valence electrons. The van der Waals surface area contributed by atoms with Gasteiger partial charge in [0.25, 0.3) is 0 Å². The third-order valence-corrected chi connectivity index (χ3v) is 3.44. The highest BCUT2D eigenvalue weighted by Gasteiger charge is 2.16. The normalized spacial score (nSPS) is 21.1. The third-order valence-electron chi connectivity index (χ3n) is 3.44. The van der Waals surface area contributed by atoms with E-state index in [-0.39, 0.29) is 5.92 Å². The van der Waals surface area contributed by atoms with E-state index in [0.717, 1.165) is 45.3 Å². The summed E-state index contributed by atoms with van der Waals surface area (Å²) in [5, 5.41) is 12.4. The Balaban J connectivity index is 2.08. The average molecular weight is 243 g/mol. The number of hydrogen-bond acceptors (Lipinski definition) is 3. The van der Waals surface area contributed by atoms with Gasteiger partial charge in [0.2, 0.25) is 0 Å². The van der Waals surface area contributed by atoms with E-state index in [2.05, 4.69) is 12.2 Å². The molecule has 1 aliphatic rings. The molecule has 0 aromatic rings. The quantitative estimate of drug-likeness (QED) is 0.718. The highest BCUT2D eigenvalue weighted by atomic mass is 16.5. The van der Waals surface area contributed by atoms with Crippen LogP contribution in [0.3, 0.4) is 0 Å². The number of aliphatic carboxylic acids is 1. The maximum absolute atomic E-state index is 10.7. The van der Waals surface area contributed by atoms with Gasteiger partial charge in [0.05, 0.1) is 5.92 Å². The van der Waals surface area contributed by atoms with Gasteiger partial charge >= 0.3 is 5.97 Å². The molecule has 0 aromatic carbocycles. The fraction of sp³-hybridized carbons (Fsp3) is 0.923. The summed E-state index contributed by atoms with van der Waals surface area (Å²) in [5.41, 5.74) is 0. The second-order valence-electron chi connectivity index (χ2n) is 5.12. The Morgan fingerprint density at radius 2 is 2.00 bits per heavy atom. The minimum Gasteiger partial charge on any atom is -0.481 e. The first-order chi connectivity index (χ1) is 8.09. The summed E-state index contributed by atoms with van der Waals surface area (Å²) in [6, 6.07) is 1.05. The molecule has 2 N–H and O–H groups in total. The van der Waals surface area contributed by atoms with Crippen molar-refractivity contribution >= 4 is 5.97 Å². The Labute approximate surface area is 104 Å². The van der Waals surface area contributed by atoms with Crippen LogP contribution in [0.1, 0.15) is 46.0 Å². The van der Waals surface area contributed by atoms with E-state index in [1.165, 1.54) is 0 Å². The summed E-state index contributed by atoms with van der Waals surface area (Å²) in [5.74, 6) is -0.902. The Hall–Kier alpha value is -0.610. The minimum absolute atomic E-state index is 0.217. The van der Waals surface area contributed by atoms with Crippen molar-refractivity contribution in [3.63, 3.8) is 0 Å². The van der Waals surface area contributed by atoms with Crippen molar-refractivity contribution in [2.75, 3.05) is 13.2 Å². The van der Waals surface area contributed by atoms with Gasteiger partial charge in [0.1, 0.15) is 0 Å². The minimum atomic E-state index is -0.685. The van der Waals surface area contributed by atoms with E-state index in [4.69, 9.17) is 9.84 Å². The van der Waals surface area contributed by atoms with Gasteiger partial charge in [0, 0.05) is 25.3 Å². The van der Waals surface area contributed by atoms with Crippen molar-refractivity contribution in [3.8, 4) is 0 Å². The predicted molar refractivity (Wildman–Crippen MR) is 67.1 cm³/mol. The highest BCUT2D eigenvalue weighted by Crippen LogP contribution is 2.12. The van der Waals surface area contributed by atoms with Crippen LogP contribution < -0.4 is 5.32 Å². The zero-order valence-corrected chi connectivity index (χ0v) is 10.9. The molecular formula is C13H25NO3. The summed E-state index contributed by atoms with van der Waals surface area (Å²) in [6.07, 6.45) is 4.99. The second-order valence-corrected chi connectivity index (χ2v) is 5.12. The van der Waals surface area contributed by atoms with E-state index in [1.54, 1.807) is 6.92 Å². The van der Waals surface area contributed by atoms with Crippen LogP contribution >= 0.6 is 0 Å². The Bertz CT molecular complexity index is 227. The van der Waals surface area contributed by atoms with Crippen molar-refractivity contribution in [3.05, 3.63) is 0 Å². The summed E-state index contributed by atoms with van der Waals surface area (Å²) < 4.78 is 5.31. The van der Waals surface area contributed by atoms with Gasteiger partial charge in [-0.2, -0.15) is 0 Å². The van der Waals surface area contributed by atoms with Crippen LogP contribution in [0.25, 0.3) is 0 Å². The molecule has 1 rings (SSSR count). The van der Waals surface area contributed by atoms with Gasteiger partial charge in [-0.3, -0.25) is 4.79 Å². The maximum atomic E-state index is 10.7. The lowest BCUT2D eigenvalue weighted by atomic mass is 10.0. The Morgan fingerprint density at radius 3 is 2.59 bits per heavy atom. The molecule has 0 aliphatic carbocycles. The summed E-state index contributed by atoms with van der Waals surface area (Å²) in [6.45, 7) is 5.68. The number of nitrogens with one attached hydrogen (secondary N) is 1. The molecule has 0 amide bonds. The zero-order chi connectivity index (χ0) is 12.7. The molecule has 4 heteroatoms. The standard InChI is InChI=1S/C13H25NO3/c1-10(13(15)16)4-3-5-11(2)14-12-6-8-17-9-7-12/h10-12,14H,3-9H2,1-2H3,(H,15,16). The predicted octanol–water partition coefficient (Wildman–Crippen LogP) is 2.03. The Kier molecular flexibility index (Phi) is 6.52. The lowest BCUT2D eigenvalue weighted by Gasteiger charge is -2.26. The molecule has 4 nitrogen and oxygen atoms in total. The van der Waals surface area contributed by atoms with E-state index < -0.39 is 5.97 Å². The number of carboxylic acid groups (broad SMARTS) is 1. The topological polar surface area (TPSA) is 58.6 Å². The molecule has 0 spiro atoms. The molecule has 0 bridgehead atoms. The third kappa shape index (κ3) is 6.03. The molecule has 17 heavy (non-hydrogen) atoms. The number of rotatable bonds is 7. The largest absolute Gasteiger partial charge is 0.481 e. The molecule has 0 aromatic heterocycles. The van der Waals surface area contributed by atoms with Crippen molar-refractivity contribution in [2.45, 2.75) is 58.0 Å². The molecule has 1 saturated heterocycles. The van der Waals surface area contributed by atoms with Gasteiger partial charge in [0.15, 0.2) is 0 Å². The van der Waals surface area contributed by atoms with Crippen molar-refractivity contribution in [1.29, 1.82) is 0 Å². The summed E-state index contributed by atoms with van der Waals surface area (Å²) in [4.78, 5) is 10.7. The van der Waals surface area contributed by atoms with Crippen molar-refractivity contribution in [1.82, 2.24) is 5.32 Å². The summed E-state index contributed by atoms with van der Waals surface area (Å²) >= 11 is 0. The fourth-order valence-electron chi connectivity index (χ4n) is 2.20. The zero-order valence-electron chi connectivity index (χ0n) is 10.9. The van der Waals surface area contributed by atoms with Gasteiger partial charge < -0.3 is 15.2 Å². The Morgan fingerprint density at radius 1 is 1.35 bits per heavy atom. The number of carboxylic acids is 1. The first-order valence-corrected chi connectivity index (χ1v) is 6.66. The molecule has 0 saturated carbocycles. The molecule has 1 heterocycles. The molecule has 2 unspecified atom stereocenters. The van der Waals surface area contributed by atoms with E-state index in [9.17, 15) is 4.79 Å². The van der Waals surface area contributed by atoms with E-state index >= 15 is 0 Å². The van der Waals surface area contributed by atoms with Crippen LogP contribution in [-0.4, -0.2) is 36.4 Å². The SMILES string of the molecule is CC(CCCC(C)C(=O)O)NC1CCOCC1. The van der Waals surface area contributed by atoms with Crippen LogP contribution in [0.15, 0.2) is 0 Å². The van der Waals surface area contributed by atoms with Gasteiger partial charge in [-0.1, -0.05) is 13.3 Å². The molecule has 2 atom stereocenters.